The lowest BCUT2D eigenvalue weighted by Gasteiger charge is -2.11. The fourth-order valence-corrected chi connectivity index (χ4v) is 2.99. The lowest BCUT2D eigenvalue weighted by Crippen LogP contribution is -1.91. The van der Waals surface area contributed by atoms with E-state index in [1.807, 2.05) is 36.4 Å². The second kappa shape index (κ2) is 4.78. The predicted octanol–water partition coefficient (Wildman–Crippen LogP) is 4.95. The number of rotatable bonds is 1. The minimum absolute atomic E-state index is 0.121. The molecule has 0 bridgehead atoms. The first kappa shape index (κ1) is 12.7. The third-order valence-electron chi connectivity index (χ3n) is 4.12. The van der Waals surface area contributed by atoms with Gasteiger partial charge in [-0.1, -0.05) is 54.6 Å². The molecule has 4 aromatic rings. The first-order valence-electron chi connectivity index (χ1n) is 7.23. The van der Waals surface area contributed by atoms with Crippen LogP contribution in [-0.2, 0) is 0 Å². The monoisotopic (exact) mass is 285 g/mol. The van der Waals surface area contributed by atoms with Crippen LogP contribution >= 0.6 is 0 Å². The van der Waals surface area contributed by atoms with Crippen LogP contribution in [0.5, 0.6) is 5.75 Å². The quantitative estimate of drug-likeness (QED) is 0.295. The summed E-state index contributed by atoms with van der Waals surface area (Å²) in [4.78, 5) is 0. The van der Waals surface area contributed by atoms with Crippen LogP contribution < -0.4 is 5.73 Å². The van der Waals surface area contributed by atoms with Crippen LogP contribution in [0.4, 0.5) is 5.69 Å². The fourth-order valence-electron chi connectivity index (χ4n) is 2.99. The van der Waals surface area contributed by atoms with Crippen molar-refractivity contribution in [2.45, 2.75) is 0 Å². The van der Waals surface area contributed by atoms with Gasteiger partial charge in [0.2, 0.25) is 0 Å². The van der Waals surface area contributed by atoms with Gasteiger partial charge in [0.25, 0.3) is 0 Å². The number of nitrogen functional groups attached to an aromatic ring is 1. The van der Waals surface area contributed by atoms with E-state index >= 15 is 0 Å². The zero-order chi connectivity index (χ0) is 15.1. The van der Waals surface area contributed by atoms with Gasteiger partial charge in [0.1, 0.15) is 5.75 Å². The zero-order valence-corrected chi connectivity index (χ0v) is 12.0. The van der Waals surface area contributed by atoms with E-state index in [-0.39, 0.29) is 5.75 Å². The standard InChI is InChI=1S/C20H15NO/c21-20-17(9-4-10-19(20)22)16-8-3-7-15-11-13-5-1-2-6-14(13)12-18(15)16/h1-12,22H,21H2. The number of fused-ring (bicyclic) bond motifs is 2. The third-order valence-corrected chi connectivity index (χ3v) is 4.12. The van der Waals surface area contributed by atoms with Gasteiger partial charge in [-0.3, -0.25) is 0 Å². The van der Waals surface area contributed by atoms with Gasteiger partial charge in [0.15, 0.2) is 0 Å². The predicted molar refractivity (Wildman–Crippen MR) is 93.0 cm³/mol. The summed E-state index contributed by atoms with van der Waals surface area (Å²) in [6.07, 6.45) is 0. The minimum atomic E-state index is 0.121. The highest BCUT2D eigenvalue weighted by Gasteiger charge is 2.10. The van der Waals surface area contributed by atoms with Gasteiger partial charge in [-0.2, -0.15) is 0 Å². The molecule has 0 amide bonds. The van der Waals surface area contributed by atoms with Gasteiger partial charge in [0.05, 0.1) is 5.69 Å². The molecular weight excluding hydrogens is 270 g/mol. The lowest BCUT2D eigenvalue weighted by atomic mass is 9.94. The van der Waals surface area contributed by atoms with Crippen LogP contribution in [0, 0.1) is 0 Å². The highest BCUT2D eigenvalue weighted by Crippen LogP contribution is 2.37. The molecule has 0 aliphatic rings. The average molecular weight is 285 g/mol. The summed E-state index contributed by atoms with van der Waals surface area (Å²) in [5, 5.41) is 14.6. The van der Waals surface area contributed by atoms with Crippen LogP contribution in [0.3, 0.4) is 0 Å². The molecule has 2 heteroatoms. The van der Waals surface area contributed by atoms with Crippen molar-refractivity contribution in [1.29, 1.82) is 0 Å². The van der Waals surface area contributed by atoms with Crippen LogP contribution in [0.1, 0.15) is 0 Å². The zero-order valence-electron chi connectivity index (χ0n) is 12.0. The molecule has 0 fully saturated rings. The Kier molecular flexibility index (Phi) is 2.76. The van der Waals surface area contributed by atoms with Gasteiger partial charge in [0, 0.05) is 5.56 Å². The summed E-state index contributed by atoms with van der Waals surface area (Å²) in [7, 11) is 0. The number of phenolic OH excluding ortho intramolecular Hbond substituents is 1. The van der Waals surface area contributed by atoms with E-state index in [0.717, 1.165) is 16.5 Å². The Labute approximate surface area is 128 Å². The molecule has 0 saturated heterocycles. The molecule has 0 atom stereocenters. The highest BCUT2D eigenvalue weighted by molar-refractivity contribution is 6.06. The Morgan fingerprint density at radius 1 is 0.636 bits per heavy atom. The van der Waals surface area contributed by atoms with Gasteiger partial charge in [-0.25, -0.2) is 0 Å². The molecule has 0 spiro atoms. The van der Waals surface area contributed by atoms with Crippen LogP contribution in [-0.4, -0.2) is 5.11 Å². The SMILES string of the molecule is Nc1c(O)cccc1-c1cccc2cc3ccccc3cc12. The van der Waals surface area contributed by atoms with Crippen molar-refractivity contribution >= 4 is 27.2 Å². The molecular formula is C20H15NO. The van der Waals surface area contributed by atoms with Crippen molar-refractivity contribution in [2.75, 3.05) is 5.73 Å². The Morgan fingerprint density at radius 3 is 2.09 bits per heavy atom. The number of hydrogen-bond acceptors (Lipinski definition) is 2. The van der Waals surface area contributed by atoms with Crippen molar-refractivity contribution in [3.8, 4) is 16.9 Å². The Bertz CT molecular complexity index is 1000. The summed E-state index contributed by atoms with van der Waals surface area (Å²) in [6, 6.07) is 24.2. The summed E-state index contributed by atoms with van der Waals surface area (Å²) in [6.45, 7) is 0. The van der Waals surface area contributed by atoms with Gasteiger partial charge < -0.3 is 10.8 Å². The number of nitrogens with two attached hydrogens (primary N) is 1. The molecule has 0 aliphatic heterocycles. The maximum Gasteiger partial charge on any atom is 0.139 e. The molecule has 0 heterocycles. The van der Waals surface area contributed by atoms with Crippen molar-refractivity contribution < 1.29 is 5.11 Å². The van der Waals surface area contributed by atoms with Crippen molar-refractivity contribution in [3.05, 3.63) is 72.8 Å². The van der Waals surface area contributed by atoms with E-state index in [0.29, 0.717) is 5.69 Å². The third kappa shape index (κ3) is 1.89. The van der Waals surface area contributed by atoms with E-state index in [2.05, 4.69) is 30.3 Å². The van der Waals surface area contributed by atoms with Crippen molar-refractivity contribution in [2.24, 2.45) is 0 Å². The van der Waals surface area contributed by atoms with Crippen LogP contribution in [0.15, 0.2) is 72.8 Å². The summed E-state index contributed by atoms with van der Waals surface area (Å²) >= 11 is 0. The summed E-state index contributed by atoms with van der Waals surface area (Å²) in [5.74, 6) is 0.121. The number of phenols is 1. The lowest BCUT2D eigenvalue weighted by molar-refractivity contribution is 0.478. The van der Waals surface area contributed by atoms with Crippen LogP contribution in [0.2, 0.25) is 0 Å². The van der Waals surface area contributed by atoms with Gasteiger partial charge >= 0.3 is 0 Å². The molecule has 4 rings (SSSR count). The van der Waals surface area contributed by atoms with Gasteiger partial charge in [-0.15, -0.1) is 0 Å². The molecule has 106 valence electrons. The van der Waals surface area contributed by atoms with E-state index in [4.69, 9.17) is 5.73 Å². The summed E-state index contributed by atoms with van der Waals surface area (Å²) in [5.41, 5.74) is 8.39. The number of benzene rings is 4. The molecule has 2 nitrogen and oxygen atoms in total. The molecule has 0 radical (unpaired) electrons. The molecule has 0 aromatic heterocycles. The van der Waals surface area contributed by atoms with E-state index in [9.17, 15) is 5.11 Å². The maximum absolute atomic E-state index is 9.88. The normalized spacial score (nSPS) is 11.1. The van der Waals surface area contributed by atoms with E-state index in [1.54, 1.807) is 6.07 Å². The Hall–Kier alpha value is -3.00. The van der Waals surface area contributed by atoms with Crippen LogP contribution in [0.25, 0.3) is 32.7 Å². The van der Waals surface area contributed by atoms with E-state index < -0.39 is 0 Å². The first-order valence-corrected chi connectivity index (χ1v) is 7.23. The molecule has 22 heavy (non-hydrogen) atoms. The summed E-state index contributed by atoms with van der Waals surface area (Å²) < 4.78 is 0. The van der Waals surface area contributed by atoms with Crippen molar-refractivity contribution in [1.82, 2.24) is 0 Å². The number of aromatic hydroxyl groups is 1. The molecule has 0 aliphatic carbocycles. The largest absolute Gasteiger partial charge is 0.506 e. The molecule has 3 N–H and O–H groups in total. The number of para-hydroxylation sites is 1. The Balaban J connectivity index is 2.09. The number of anilines is 1. The smallest absolute Gasteiger partial charge is 0.139 e. The Morgan fingerprint density at radius 2 is 1.27 bits per heavy atom. The minimum Gasteiger partial charge on any atom is -0.506 e. The molecule has 0 unspecified atom stereocenters. The topological polar surface area (TPSA) is 46.2 Å². The molecule has 0 saturated carbocycles. The van der Waals surface area contributed by atoms with Gasteiger partial charge in [-0.05, 0) is 45.3 Å². The average Bonchev–Trinajstić information content (AvgIpc) is 2.55. The van der Waals surface area contributed by atoms with E-state index in [1.165, 1.54) is 16.2 Å². The second-order valence-corrected chi connectivity index (χ2v) is 5.46. The number of hydrogen-bond donors (Lipinski definition) is 2. The fraction of sp³-hybridized carbons (Fsp3) is 0. The maximum atomic E-state index is 9.88. The molecule has 4 aromatic carbocycles. The first-order chi connectivity index (χ1) is 10.7. The highest BCUT2D eigenvalue weighted by atomic mass is 16.3. The van der Waals surface area contributed by atoms with Crippen molar-refractivity contribution in [3.63, 3.8) is 0 Å². The second-order valence-electron chi connectivity index (χ2n) is 5.46.